The number of hydrogen-bond acceptors (Lipinski definition) is 3. The second-order valence-corrected chi connectivity index (χ2v) is 6.72. The van der Waals surface area contributed by atoms with Gasteiger partial charge in [-0.2, -0.15) is 0 Å². The van der Waals surface area contributed by atoms with Crippen molar-refractivity contribution in [3.8, 4) is 0 Å². The molecule has 0 aromatic carbocycles. The van der Waals surface area contributed by atoms with Crippen LogP contribution >= 0.6 is 0 Å². The van der Waals surface area contributed by atoms with Crippen molar-refractivity contribution in [3.05, 3.63) is 23.7 Å². The minimum absolute atomic E-state index is 0.748. The van der Waals surface area contributed by atoms with Crippen LogP contribution in [0.5, 0.6) is 0 Å². The zero-order valence-corrected chi connectivity index (χ0v) is 12.7. The Hall–Kier alpha value is -0.800. The van der Waals surface area contributed by atoms with Gasteiger partial charge in [0.25, 0.3) is 0 Å². The molecule has 1 aromatic rings. The summed E-state index contributed by atoms with van der Waals surface area (Å²) in [5.74, 6) is 3.09. The maximum Gasteiger partial charge on any atom is 0.118 e. The summed E-state index contributed by atoms with van der Waals surface area (Å²) in [6.45, 7) is 3.05. The van der Waals surface area contributed by atoms with E-state index < -0.39 is 0 Å². The predicted octanol–water partition coefficient (Wildman–Crippen LogP) is 3.54. The van der Waals surface area contributed by atoms with Crippen molar-refractivity contribution in [1.82, 2.24) is 10.2 Å². The summed E-state index contributed by atoms with van der Waals surface area (Å²) in [4.78, 5) is 2.42. The van der Waals surface area contributed by atoms with Crippen molar-refractivity contribution in [2.45, 2.75) is 64.1 Å². The maximum absolute atomic E-state index is 5.92. The highest BCUT2D eigenvalue weighted by molar-refractivity contribution is 5.07. The van der Waals surface area contributed by atoms with Gasteiger partial charge >= 0.3 is 0 Å². The minimum atomic E-state index is 0.748. The lowest BCUT2D eigenvalue weighted by atomic mass is 9.89. The lowest BCUT2D eigenvalue weighted by molar-refractivity contribution is 0.214. The summed E-state index contributed by atoms with van der Waals surface area (Å²) in [5, 5.41) is 3.50. The quantitative estimate of drug-likeness (QED) is 0.825. The van der Waals surface area contributed by atoms with Gasteiger partial charge in [-0.1, -0.05) is 19.3 Å². The number of rotatable bonds is 7. The van der Waals surface area contributed by atoms with E-state index in [9.17, 15) is 0 Å². The van der Waals surface area contributed by atoms with Gasteiger partial charge in [0.2, 0.25) is 0 Å². The van der Waals surface area contributed by atoms with Gasteiger partial charge in [-0.15, -0.1) is 0 Å². The standard InChI is InChI=1S/C17H28N2O/c1-19(12-14-5-3-2-4-6-14)13-17-10-9-16(20-17)11-18-15-7-8-15/h9-10,14-15,18H,2-8,11-13H2,1H3. The van der Waals surface area contributed by atoms with Crippen LogP contribution in [0.1, 0.15) is 56.5 Å². The largest absolute Gasteiger partial charge is 0.463 e. The van der Waals surface area contributed by atoms with Crippen molar-refractivity contribution in [2.75, 3.05) is 13.6 Å². The predicted molar refractivity (Wildman–Crippen MR) is 81.5 cm³/mol. The first kappa shape index (κ1) is 14.2. The van der Waals surface area contributed by atoms with Crippen LogP contribution in [0.25, 0.3) is 0 Å². The van der Waals surface area contributed by atoms with Crippen molar-refractivity contribution >= 4 is 0 Å². The molecule has 112 valence electrons. The van der Waals surface area contributed by atoms with E-state index in [4.69, 9.17) is 4.42 Å². The molecule has 3 heteroatoms. The van der Waals surface area contributed by atoms with Crippen LogP contribution < -0.4 is 5.32 Å². The molecular weight excluding hydrogens is 248 g/mol. The monoisotopic (exact) mass is 276 g/mol. The zero-order valence-electron chi connectivity index (χ0n) is 12.7. The molecular formula is C17H28N2O. The van der Waals surface area contributed by atoms with E-state index in [1.165, 1.54) is 51.5 Å². The Morgan fingerprint density at radius 2 is 1.85 bits per heavy atom. The second kappa shape index (κ2) is 6.77. The fourth-order valence-corrected chi connectivity index (χ4v) is 3.28. The Morgan fingerprint density at radius 1 is 1.10 bits per heavy atom. The zero-order chi connectivity index (χ0) is 13.8. The molecule has 3 nitrogen and oxygen atoms in total. The molecule has 1 aromatic heterocycles. The highest BCUT2D eigenvalue weighted by Gasteiger charge is 2.20. The van der Waals surface area contributed by atoms with Gasteiger partial charge in [-0.3, -0.25) is 4.90 Å². The van der Waals surface area contributed by atoms with Crippen LogP contribution in [-0.2, 0) is 13.1 Å². The SMILES string of the molecule is CN(Cc1ccc(CNC2CC2)o1)CC1CCCCC1. The summed E-state index contributed by atoms with van der Waals surface area (Å²) < 4.78 is 5.92. The molecule has 2 fully saturated rings. The number of nitrogens with one attached hydrogen (secondary N) is 1. The highest BCUT2D eigenvalue weighted by atomic mass is 16.3. The van der Waals surface area contributed by atoms with Crippen molar-refractivity contribution in [3.63, 3.8) is 0 Å². The minimum Gasteiger partial charge on any atom is -0.463 e. The highest BCUT2D eigenvalue weighted by Crippen LogP contribution is 2.24. The van der Waals surface area contributed by atoms with Crippen molar-refractivity contribution in [2.24, 2.45) is 5.92 Å². The van der Waals surface area contributed by atoms with Crippen LogP contribution in [0.2, 0.25) is 0 Å². The number of nitrogens with zero attached hydrogens (tertiary/aromatic N) is 1. The van der Waals surface area contributed by atoms with Gasteiger partial charge < -0.3 is 9.73 Å². The lowest BCUT2D eigenvalue weighted by Gasteiger charge is -2.26. The average molecular weight is 276 g/mol. The Labute approximate surface area is 122 Å². The van der Waals surface area contributed by atoms with Crippen LogP contribution in [0.4, 0.5) is 0 Å². The lowest BCUT2D eigenvalue weighted by Crippen LogP contribution is -2.26. The molecule has 1 heterocycles. The Bertz CT molecular complexity index is 405. The van der Waals surface area contributed by atoms with E-state index >= 15 is 0 Å². The van der Waals surface area contributed by atoms with Crippen LogP contribution in [-0.4, -0.2) is 24.5 Å². The van der Waals surface area contributed by atoms with E-state index in [1.807, 2.05) is 0 Å². The van der Waals surface area contributed by atoms with Crippen molar-refractivity contribution in [1.29, 1.82) is 0 Å². The van der Waals surface area contributed by atoms with Crippen molar-refractivity contribution < 1.29 is 4.42 Å². The smallest absolute Gasteiger partial charge is 0.118 e. The number of hydrogen-bond donors (Lipinski definition) is 1. The third-order valence-corrected chi connectivity index (χ3v) is 4.58. The molecule has 0 amide bonds. The molecule has 1 N–H and O–H groups in total. The fourth-order valence-electron chi connectivity index (χ4n) is 3.28. The Morgan fingerprint density at radius 3 is 2.60 bits per heavy atom. The Balaban J connectivity index is 1.41. The first-order valence-corrected chi connectivity index (χ1v) is 8.29. The van der Waals surface area contributed by atoms with Crippen LogP contribution in [0, 0.1) is 5.92 Å². The van der Waals surface area contributed by atoms with Crippen LogP contribution in [0.15, 0.2) is 16.5 Å². The van der Waals surface area contributed by atoms with E-state index in [2.05, 4.69) is 29.4 Å². The molecule has 2 aliphatic rings. The molecule has 0 radical (unpaired) electrons. The summed E-state index contributed by atoms with van der Waals surface area (Å²) >= 11 is 0. The third-order valence-electron chi connectivity index (χ3n) is 4.58. The van der Waals surface area contributed by atoms with Gasteiger partial charge in [0, 0.05) is 12.6 Å². The topological polar surface area (TPSA) is 28.4 Å². The molecule has 0 unspecified atom stereocenters. The first-order valence-electron chi connectivity index (χ1n) is 8.29. The van der Waals surface area contributed by atoms with Gasteiger partial charge in [0.05, 0.1) is 13.1 Å². The molecule has 0 atom stereocenters. The summed E-state index contributed by atoms with van der Waals surface area (Å²) in [5.41, 5.74) is 0. The second-order valence-electron chi connectivity index (χ2n) is 6.72. The number of furan rings is 1. The van der Waals surface area contributed by atoms with E-state index in [-0.39, 0.29) is 0 Å². The summed E-state index contributed by atoms with van der Waals surface area (Å²) in [6, 6.07) is 5.01. The third kappa shape index (κ3) is 4.35. The van der Waals surface area contributed by atoms with Crippen LogP contribution in [0.3, 0.4) is 0 Å². The molecule has 2 aliphatic carbocycles. The normalized spacial score (nSPS) is 20.7. The molecule has 3 rings (SSSR count). The Kier molecular flexibility index (Phi) is 4.79. The van der Waals surface area contributed by atoms with Gasteiger partial charge in [0.15, 0.2) is 0 Å². The van der Waals surface area contributed by atoms with Gasteiger partial charge in [-0.05, 0) is 50.8 Å². The molecule has 0 spiro atoms. The van der Waals surface area contributed by atoms with Gasteiger partial charge in [0.1, 0.15) is 11.5 Å². The van der Waals surface area contributed by atoms with Gasteiger partial charge in [-0.25, -0.2) is 0 Å². The van der Waals surface area contributed by atoms with E-state index in [0.717, 1.165) is 36.6 Å². The van der Waals surface area contributed by atoms with E-state index in [1.54, 1.807) is 0 Å². The summed E-state index contributed by atoms with van der Waals surface area (Å²) in [7, 11) is 2.22. The molecule has 0 aliphatic heterocycles. The first-order chi connectivity index (χ1) is 9.79. The van der Waals surface area contributed by atoms with E-state index in [0.29, 0.717) is 0 Å². The fraction of sp³-hybridized carbons (Fsp3) is 0.765. The molecule has 2 saturated carbocycles. The molecule has 0 saturated heterocycles. The maximum atomic E-state index is 5.92. The molecule has 0 bridgehead atoms. The average Bonchev–Trinajstić information content (AvgIpc) is 3.18. The summed E-state index contributed by atoms with van der Waals surface area (Å²) in [6.07, 6.45) is 9.79. The molecule has 20 heavy (non-hydrogen) atoms.